The van der Waals surface area contributed by atoms with Crippen molar-refractivity contribution < 1.29 is 32.2 Å². The molecule has 0 aliphatic rings. The monoisotopic (exact) mass is 464 g/mol. The van der Waals surface area contributed by atoms with Crippen molar-refractivity contribution in [2.45, 2.75) is 33.6 Å². The molecule has 0 aliphatic heterocycles. The number of thiophene rings is 1. The zero-order chi connectivity index (χ0) is 23.3. The fourth-order valence-electron chi connectivity index (χ4n) is 3.00. The van der Waals surface area contributed by atoms with Crippen molar-refractivity contribution in [1.82, 2.24) is 0 Å². The molecule has 0 saturated heterocycles. The topological polar surface area (TPSA) is 44.8 Å². The van der Waals surface area contributed by atoms with Crippen LogP contribution < -0.4 is 9.47 Å². The van der Waals surface area contributed by atoms with E-state index in [1.54, 1.807) is 19.1 Å². The summed E-state index contributed by atoms with van der Waals surface area (Å²) in [4.78, 5) is 13.3. The van der Waals surface area contributed by atoms with Crippen molar-refractivity contribution in [3.63, 3.8) is 0 Å². The van der Waals surface area contributed by atoms with Gasteiger partial charge in [0.05, 0.1) is 12.2 Å². The summed E-state index contributed by atoms with van der Waals surface area (Å²) in [5, 5.41) is 0. The minimum Gasteiger partial charge on any atom is -0.489 e. The molecule has 0 aliphatic carbocycles. The molecule has 0 amide bonds. The Labute approximate surface area is 188 Å². The minimum atomic E-state index is -4.35. The lowest BCUT2D eigenvalue weighted by molar-refractivity contribution is -0.145. The molecule has 0 atom stereocenters. The molecule has 0 N–H and O–H groups in total. The van der Waals surface area contributed by atoms with Gasteiger partial charge in [-0.1, -0.05) is 12.1 Å². The second-order valence-corrected chi connectivity index (χ2v) is 8.33. The molecule has 4 nitrogen and oxygen atoms in total. The summed E-state index contributed by atoms with van der Waals surface area (Å²) in [5.74, 6) is 0.790. The summed E-state index contributed by atoms with van der Waals surface area (Å²) < 4.78 is 54.5. The standard InChI is InChI=1S/C24H23F3O4S/c1-4-29-23(28)14-31-21-10-9-20(11-15(21)2)30-13-18-12-22(32-16(18)3)17-5-7-19(8-6-17)24(25,26)27/h5-12H,4,13-14H2,1-3H3. The number of esters is 1. The van der Waals surface area contributed by atoms with Gasteiger partial charge in [0.15, 0.2) is 6.61 Å². The maximum atomic E-state index is 12.8. The molecule has 1 aromatic heterocycles. The zero-order valence-corrected chi connectivity index (χ0v) is 18.7. The van der Waals surface area contributed by atoms with E-state index in [9.17, 15) is 18.0 Å². The summed E-state index contributed by atoms with van der Waals surface area (Å²) in [7, 11) is 0. The van der Waals surface area contributed by atoms with Crippen LogP contribution in [-0.4, -0.2) is 19.2 Å². The highest BCUT2D eigenvalue weighted by atomic mass is 32.1. The summed E-state index contributed by atoms with van der Waals surface area (Å²) in [6.07, 6.45) is -4.35. The summed E-state index contributed by atoms with van der Waals surface area (Å²) >= 11 is 1.51. The number of benzene rings is 2. The van der Waals surface area contributed by atoms with Gasteiger partial charge in [0.2, 0.25) is 0 Å². The van der Waals surface area contributed by atoms with E-state index in [2.05, 4.69) is 0 Å². The number of alkyl halides is 3. The van der Waals surface area contributed by atoms with Crippen molar-refractivity contribution in [1.29, 1.82) is 0 Å². The Kier molecular flexibility index (Phi) is 7.45. The molecule has 3 rings (SSSR count). The predicted molar refractivity (Wildman–Crippen MR) is 117 cm³/mol. The van der Waals surface area contributed by atoms with E-state index in [1.807, 2.05) is 26.0 Å². The van der Waals surface area contributed by atoms with Crippen molar-refractivity contribution in [2.75, 3.05) is 13.2 Å². The number of ether oxygens (including phenoxy) is 3. The van der Waals surface area contributed by atoms with E-state index in [0.29, 0.717) is 24.7 Å². The fraction of sp³-hybridized carbons (Fsp3) is 0.292. The number of hydrogen-bond donors (Lipinski definition) is 0. The Morgan fingerprint density at radius 2 is 1.72 bits per heavy atom. The zero-order valence-electron chi connectivity index (χ0n) is 17.9. The van der Waals surface area contributed by atoms with Gasteiger partial charge in [-0.05, 0) is 68.3 Å². The molecule has 0 radical (unpaired) electrons. The van der Waals surface area contributed by atoms with E-state index in [0.717, 1.165) is 38.6 Å². The number of rotatable bonds is 8. The van der Waals surface area contributed by atoms with E-state index in [-0.39, 0.29) is 6.61 Å². The molecule has 0 spiro atoms. The van der Waals surface area contributed by atoms with Crippen LogP contribution in [0.2, 0.25) is 0 Å². The van der Waals surface area contributed by atoms with E-state index < -0.39 is 17.7 Å². The van der Waals surface area contributed by atoms with Gasteiger partial charge in [-0.25, -0.2) is 4.79 Å². The van der Waals surface area contributed by atoms with E-state index in [4.69, 9.17) is 14.2 Å². The van der Waals surface area contributed by atoms with Gasteiger partial charge in [-0.2, -0.15) is 13.2 Å². The molecular weight excluding hydrogens is 441 g/mol. The van der Waals surface area contributed by atoms with Crippen LogP contribution >= 0.6 is 11.3 Å². The summed E-state index contributed by atoms with van der Waals surface area (Å²) in [6, 6.07) is 12.4. The first-order valence-corrected chi connectivity index (χ1v) is 10.8. The lowest BCUT2D eigenvalue weighted by Gasteiger charge is -2.11. The molecule has 0 unspecified atom stereocenters. The summed E-state index contributed by atoms with van der Waals surface area (Å²) in [5.41, 5.74) is 1.85. The SMILES string of the molecule is CCOC(=O)COc1ccc(OCc2cc(-c3ccc(C(F)(F)F)cc3)sc2C)cc1C. The lowest BCUT2D eigenvalue weighted by Crippen LogP contribution is -2.14. The molecule has 3 aromatic rings. The Balaban J connectivity index is 1.63. The highest BCUT2D eigenvalue weighted by molar-refractivity contribution is 7.15. The fourth-order valence-corrected chi connectivity index (χ4v) is 4.04. The van der Waals surface area contributed by atoms with Crippen molar-refractivity contribution in [3.8, 4) is 21.9 Å². The molecule has 2 aromatic carbocycles. The molecule has 8 heteroatoms. The van der Waals surface area contributed by atoms with Crippen LogP contribution in [0.1, 0.15) is 28.5 Å². The maximum absolute atomic E-state index is 12.8. The second-order valence-electron chi connectivity index (χ2n) is 7.08. The molecular formula is C24H23F3O4S. The van der Waals surface area contributed by atoms with Crippen LogP contribution in [0.5, 0.6) is 11.5 Å². The largest absolute Gasteiger partial charge is 0.489 e. The predicted octanol–water partition coefficient (Wildman–Crippen LogP) is 6.57. The average molecular weight is 465 g/mol. The van der Waals surface area contributed by atoms with E-state index >= 15 is 0 Å². The molecule has 32 heavy (non-hydrogen) atoms. The van der Waals surface area contributed by atoms with Crippen LogP contribution in [0.3, 0.4) is 0 Å². The minimum absolute atomic E-state index is 0.157. The van der Waals surface area contributed by atoms with Gasteiger partial charge in [0, 0.05) is 15.3 Å². The number of carbonyl (C=O) groups excluding carboxylic acids is 1. The highest BCUT2D eigenvalue weighted by Gasteiger charge is 2.30. The molecule has 1 heterocycles. The number of aryl methyl sites for hydroxylation is 2. The first-order valence-electron chi connectivity index (χ1n) is 9.96. The van der Waals surface area contributed by atoms with Gasteiger partial charge in [-0.15, -0.1) is 11.3 Å². The molecule has 0 bridgehead atoms. The Morgan fingerprint density at radius 1 is 1.00 bits per heavy atom. The third kappa shape index (κ3) is 6.03. The van der Waals surface area contributed by atoms with Crippen LogP contribution in [0, 0.1) is 13.8 Å². The third-order valence-corrected chi connectivity index (χ3v) is 5.85. The van der Waals surface area contributed by atoms with Crippen LogP contribution in [0.15, 0.2) is 48.5 Å². The molecule has 0 fully saturated rings. The summed E-state index contributed by atoms with van der Waals surface area (Å²) in [6.45, 7) is 6.01. The van der Waals surface area contributed by atoms with Gasteiger partial charge < -0.3 is 14.2 Å². The van der Waals surface area contributed by atoms with Gasteiger partial charge in [0.1, 0.15) is 18.1 Å². The van der Waals surface area contributed by atoms with Gasteiger partial charge in [0.25, 0.3) is 0 Å². The highest BCUT2D eigenvalue weighted by Crippen LogP contribution is 2.35. The maximum Gasteiger partial charge on any atom is 0.416 e. The number of halogens is 3. The molecule has 170 valence electrons. The van der Waals surface area contributed by atoms with Gasteiger partial charge >= 0.3 is 12.1 Å². The number of hydrogen-bond acceptors (Lipinski definition) is 5. The third-order valence-electron chi connectivity index (χ3n) is 4.71. The van der Waals surface area contributed by atoms with E-state index in [1.165, 1.54) is 23.5 Å². The quantitative estimate of drug-likeness (QED) is 0.354. The van der Waals surface area contributed by atoms with Crippen LogP contribution in [0.25, 0.3) is 10.4 Å². The van der Waals surface area contributed by atoms with Crippen molar-refractivity contribution >= 4 is 17.3 Å². The Morgan fingerprint density at radius 3 is 2.34 bits per heavy atom. The molecule has 0 saturated carbocycles. The number of carbonyl (C=O) groups is 1. The Bertz CT molecular complexity index is 1070. The first-order chi connectivity index (χ1) is 15.2. The van der Waals surface area contributed by atoms with Crippen molar-refractivity contribution in [3.05, 3.63) is 70.1 Å². The average Bonchev–Trinajstić information content (AvgIpc) is 3.12. The van der Waals surface area contributed by atoms with Crippen molar-refractivity contribution in [2.24, 2.45) is 0 Å². The Hall–Kier alpha value is -3.00. The van der Waals surface area contributed by atoms with Crippen LogP contribution in [0.4, 0.5) is 13.2 Å². The lowest BCUT2D eigenvalue weighted by atomic mass is 10.1. The van der Waals surface area contributed by atoms with Gasteiger partial charge in [-0.3, -0.25) is 0 Å². The van der Waals surface area contributed by atoms with Crippen LogP contribution in [-0.2, 0) is 22.3 Å². The first kappa shape index (κ1) is 23.7. The second kappa shape index (κ2) is 10.1. The normalized spacial score (nSPS) is 11.3. The smallest absolute Gasteiger partial charge is 0.416 e.